The standard InChI is InChI=1S/C19H12ClF3N4O2/c20-18-25-24-16-6-7-17(26-27(16)18)29-15-9-13(19(21,22)23)4-5-14(15)12-3-1-2-11(8-12)10-28/h1-9,28H,10H2. The van der Waals surface area contributed by atoms with Crippen LogP contribution in [-0.2, 0) is 12.8 Å². The molecule has 0 aliphatic carbocycles. The van der Waals surface area contributed by atoms with Crippen LogP contribution in [0.5, 0.6) is 11.6 Å². The predicted molar refractivity (Wildman–Crippen MR) is 98.7 cm³/mol. The van der Waals surface area contributed by atoms with Gasteiger partial charge in [0, 0.05) is 11.6 Å². The van der Waals surface area contributed by atoms with Crippen molar-refractivity contribution >= 4 is 17.2 Å². The Morgan fingerprint density at radius 1 is 1.03 bits per heavy atom. The first-order valence-corrected chi connectivity index (χ1v) is 8.70. The van der Waals surface area contributed by atoms with Crippen LogP contribution in [0.15, 0.2) is 54.6 Å². The third-order valence-corrected chi connectivity index (χ3v) is 4.38. The highest BCUT2D eigenvalue weighted by Gasteiger charge is 2.31. The van der Waals surface area contributed by atoms with Gasteiger partial charge in [0.05, 0.1) is 12.2 Å². The number of aromatic nitrogens is 4. The van der Waals surface area contributed by atoms with Gasteiger partial charge in [-0.15, -0.1) is 15.3 Å². The van der Waals surface area contributed by atoms with E-state index >= 15 is 0 Å². The molecule has 0 unspecified atom stereocenters. The first-order chi connectivity index (χ1) is 13.8. The van der Waals surface area contributed by atoms with Gasteiger partial charge in [0.1, 0.15) is 5.75 Å². The zero-order valence-electron chi connectivity index (χ0n) is 14.6. The second-order valence-electron chi connectivity index (χ2n) is 6.08. The summed E-state index contributed by atoms with van der Waals surface area (Å²) in [5.41, 5.74) is 1.11. The number of rotatable bonds is 4. The van der Waals surface area contributed by atoms with Crippen LogP contribution in [0.2, 0.25) is 5.28 Å². The third kappa shape index (κ3) is 3.87. The molecular weight excluding hydrogens is 409 g/mol. The number of ether oxygens (including phenoxy) is 1. The van der Waals surface area contributed by atoms with E-state index in [0.29, 0.717) is 22.3 Å². The van der Waals surface area contributed by atoms with Gasteiger partial charge in [-0.05, 0) is 47.0 Å². The van der Waals surface area contributed by atoms with Crippen molar-refractivity contribution in [2.75, 3.05) is 0 Å². The molecule has 148 valence electrons. The average Bonchev–Trinajstić information content (AvgIpc) is 3.08. The lowest BCUT2D eigenvalue weighted by atomic mass is 10.0. The summed E-state index contributed by atoms with van der Waals surface area (Å²) in [4.78, 5) is 0. The molecule has 4 aromatic rings. The number of aliphatic hydroxyl groups excluding tert-OH is 1. The normalized spacial score (nSPS) is 11.8. The number of benzene rings is 2. The number of nitrogens with zero attached hydrogens (tertiary/aromatic N) is 4. The van der Waals surface area contributed by atoms with Crippen LogP contribution in [0, 0.1) is 0 Å². The van der Waals surface area contributed by atoms with Gasteiger partial charge in [0.25, 0.3) is 0 Å². The Hall–Kier alpha value is -3.17. The Morgan fingerprint density at radius 2 is 1.86 bits per heavy atom. The van der Waals surface area contributed by atoms with Crippen LogP contribution in [0.1, 0.15) is 11.1 Å². The van der Waals surface area contributed by atoms with Gasteiger partial charge in [-0.1, -0.05) is 24.3 Å². The summed E-state index contributed by atoms with van der Waals surface area (Å²) >= 11 is 5.89. The number of halogens is 4. The number of fused-ring (bicyclic) bond motifs is 1. The minimum atomic E-state index is -4.54. The second-order valence-corrected chi connectivity index (χ2v) is 6.42. The molecule has 0 aliphatic rings. The molecule has 2 aromatic heterocycles. The topological polar surface area (TPSA) is 72.5 Å². The fraction of sp³-hybridized carbons (Fsp3) is 0.105. The van der Waals surface area contributed by atoms with Gasteiger partial charge in [-0.25, -0.2) is 0 Å². The molecule has 0 fully saturated rings. The van der Waals surface area contributed by atoms with Gasteiger partial charge < -0.3 is 9.84 Å². The third-order valence-electron chi connectivity index (χ3n) is 4.14. The van der Waals surface area contributed by atoms with Crippen LogP contribution in [-0.4, -0.2) is 24.9 Å². The minimum Gasteiger partial charge on any atom is -0.437 e. The first kappa shape index (κ1) is 19.2. The summed E-state index contributed by atoms with van der Waals surface area (Å²) in [6.45, 7) is -0.199. The molecule has 6 nitrogen and oxygen atoms in total. The van der Waals surface area contributed by atoms with Gasteiger partial charge in [-0.2, -0.15) is 17.7 Å². The number of aliphatic hydroxyl groups is 1. The van der Waals surface area contributed by atoms with E-state index in [1.807, 2.05) is 0 Å². The van der Waals surface area contributed by atoms with Crippen LogP contribution >= 0.6 is 11.6 Å². The summed E-state index contributed by atoms with van der Waals surface area (Å²) in [5, 5.41) is 20.9. The largest absolute Gasteiger partial charge is 0.437 e. The molecule has 0 saturated carbocycles. The van der Waals surface area contributed by atoms with E-state index in [1.165, 1.54) is 22.7 Å². The fourth-order valence-corrected chi connectivity index (χ4v) is 2.93. The van der Waals surface area contributed by atoms with Gasteiger partial charge in [0.15, 0.2) is 5.65 Å². The molecule has 2 heterocycles. The van der Waals surface area contributed by atoms with Gasteiger partial charge in [0.2, 0.25) is 11.2 Å². The molecule has 0 amide bonds. The van der Waals surface area contributed by atoms with Crippen molar-refractivity contribution in [2.45, 2.75) is 12.8 Å². The minimum absolute atomic E-state index is 0.00892. The van der Waals surface area contributed by atoms with E-state index in [-0.39, 0.29) is 23.5 Å². The van der Waals surface area contributed by atoms with Crippen molar-refractivity contribution in [2.24, 2.45) is 0 Å². The smallest absolute Gasteiger partial charge is 0.416 e. The SMILES string of the molecule is OCc1cccc(-c2ccc(C(F)(F)F)cc2Oc2ccc3nnc(Cl)n3n2)c1. The van der Waals surface area contributed by atoms with Crippen molar-refractivity contribution in [3.05, 3.63) is 71.0 Å². The zero-order chi connectivity index (χ0) is 20.6. The van der Waals surface area contributed by atoms with Crippen molar-refractivity contribution in [1.29, 1.82) is 0 Å². The maximum Gasteiger partial charge on any atom is 0.416 e. The average molecular weight is 421 g/mol. The van der Waals surface area contributed by atoms with Gasteiger partial charge in [-0.3, -0.25) is 0 Å². The second kappa shape index (κ2) is 7.34. The molecule has 1 N–H and O–H groups in total. The Labute approximate surface area is 167 Å². The summed E-state index contributed by atoms with van der Waals surface area (Å²) in [6, 6.07) is 13.0. The molecule has 0 saturated heterocycles. The van der Waals surface area contributed by atoms with Crippen molar-refractivity contribution in [3.8, 4) is 22.8 Å². The monoisotopic (exact) mass is 420 g/mol. The Kier molecular flexibility index (Phi) is 4.85. The first-order valence-electron chi connectivity index (χ1n) is 8.32. The van der Waals surface area contributed by atoms with Crippen molar-refractivity contribution < 1.29 is 23.0 Å². The summed E-state index contributed by atoms with van der Waals surface area (Å²) in [6.07, 6.45) is -4.54. The van der Waals surface area contributed by atoms with E-state index in [0.717, 1.165) is 12.1 Å². The maximum absolute atomic E-state index is 13.2. The van der Waals surface area contributed by atoms with E-state index in [1.54, 1.807) is 24.3 Å². The zero-order valence-corrected chi connectivity index (χ0v) is 15.3. The predicted octanol–water partition coefficient (Wildman–Crippen LogP) is 4.75. The fourth-order valence-electron chi connectivity index (χ4n) is 2.77. The number of alkyl halides is 3. The summed E-state index contributed by atoms with van der Waals surface area (Å²) < 4.78 is 46.6. The maximum atomic E-state index is 13.2. The molecular formula is C19H12ClF3N4O2. The van der Waals surface area contributed by atoms with Crippen molar-refractivity contribution in [1.82, 2.24) is 19.8 Å². The Balaban J connectivity index is 1.82. The summed E-state index contributed by atoms with van der Waals surface area (Å²) in [7, 11) is 0. The quantitative estimate of drug-likeness (QED) is 0.516. The van der Waals surface area contributed by atoms with E-state index in [9.17, 15) is 18.3 Å². The van der Waals surface area contributed by atoms with Crippen LogP contribution < -0.4 is 4.74 Å². The van der Waals surface area contributed by atoms with Crippen molar-refractivity contribution in [3.63, 3.8) is 0 Å². The van der Waals surface area contributed by atoms with Gasteiger partial charge >= 0.3 is 6.18 Å². The number of hydrogen-bond acceptors (Lipinski definition) is 5. The van der Waals surface area contributed by atoms with E-state index < -0.39 is 11.7 Å². The molecule has 10 heteroatoms. The molecule has 0 bridgehead atoms. The molecule has 0 aliphatic heterocycles. The molecule has 0 spiro atoms. The van der Waals surface area contributed by atoms with Crippen LogP contribution in [0.3, 0.4) is 0 Å². The molecule has 29 heavy (non-hydrogen) atoms. The lowest BCUT2D eigenvalue weighted by molar-refractivity contribution is -0.137. The number of hydrogen-bond donors (Lipinski definition) is 1. The summed E-state index contributed by atoms with van der Waals surface area (Å²) in [5.74, 6) is -0.0379. The highest BCUT2D eigenvalue weighted by molar-refractivity contribution is 6.28. The van der Waals surface area contributed by atoms with Crippen LogP contribution in [0.25, 0.3) is 16.8 Å². The Morgan fingerprint density at radius 3 is 2.62 bits per heavy atom. The van der Waals surface area contributed by atoms with E-state index in [2.05, 4.69) is 15.3 Å². The molecule has 0 atom stereocenters. The highest BCUT2D eigenvalue weighted by Crippen LogP contribution is 2.39. The lowest BCUT2D eigenvalue weighted by Gasteiger charge is -2.15. The van der Waals surface area contributed by atoms with E-state index in [4.69, 9.17) is 16.3 Å². The van der Waals surface area contributed by atoms with Crippen LogP contribution in [0.4, 0.5) is 13.2 Å². The lowest BCUT2D eigenvalue weighted by Crippen LogP contribution is -2.05. The molecule has 2 aromatic carbocycles. The molecule has 4 rings (SSSR count). The Bertz CT molecular complexity index is 1190. The molecule has 0 radical (unpaired) electrons. The highest BCUT2D eigenvalue weighted by atomic mass is 35.5.